The minimum absolute atomic E-state index is 0.0747. The van der Waals surface area contributed by atoms with Crippen molar-refractivity contribution in [1.82, 2.24) is 9.91 Å². The molecule has 1 fully saturated rings. The molecule has 1 saturated heterocycles. The maximum Gasteiger partial charge on any atom is 0.256 e. The summed E-state index contributed by atoms with van der Waals surface area (Å²) in [5.74, 6) is 2.15. The number of hydrogen-bond acceptors (Lipinski definition) is 4. The Morgan fingerprint density at radius 2 is 2.16 bits per heavy atom. The van der Waals surface area contributed by atoms with E-state index < -0.39 is 11.5 Å². The highest BCUT2D eigenvalue weighted by Crippen LogP contribution is 2.38. The van der Waals surface area contributed by atoms with Crippen LogP contribution in [0.3, 0.4) is 0 Å². The molecule has 130 valence electrons. The average Bonchev–Trinajstić information content (AvgIpc) is 2.86. The van der Waals surface area contributed by atoms with Crippen LogP contribution in [0.2, 0.25) is 0 Å². The lowest BCUT2D eigenvalue weighted by Crippen LogP contribution is -2.57. The Bertz CT molecular complexity index is 752. The van der Waals surface area contributed by atoms with Gasteiger partial charge in [0.15, 0.2) is 0 Å². The van der Waals surface area contributed by atoms with E-state index in [1.807, 2.05) is 30.3 Å². The van der Waals surface area contributed by atoms with Crippen molar-refractivity contribution in [2.45, 2.75) is 25.3 Å². The quantitative estimate of drug-likeness (QED) is 0.818. The highest BCUT2D eigenvalue weighted by atomic mass is 16.2. The van der Waals surface area contributed by atoms with Crippen molar-refractivity contribution in [3.05, 3.63) is 35.9 Å². The second kappa shape index (κ2) is 6.69. The first-order valence-electron chi connectivity index (χ1n) is 8.36. The maximum atomic E-state index is 12.9. The zero-order valence-electron chi connectivity index (χ0n) is 14.3. The Hall–Kier alpha value is -2.65. The number of carbonyl (C=O) groups excluding carboxylic acids is 2. The maximum absolute atomic E-state index is 12.9. The van der Waals surface area contributed by atoms with E-state index in [1.54, 1.807) is 11.9 Å². The molecule has 2 heterocycles. The van der Waals surface area contributed by atoms with Crippen LogP contribution in [-0.2, 0) is 16.0 Å². The molecule has 0 aromatic heterocycles. The molecule has 0 aliphatic carbocycles. The molecule has 2 amide bonds. The molecular weight excluding hydrogens is 316 g/mol. The summed E-state index contributed by atoms with van der Waals surface area (Å²) in [5.41, 5.74) is 6.98. The lowest BCUT2D eigenvalue weighted by molar-refractivity contribution is -0.140. The molecule has 1 aromatic rings. The number of nitrogens with two attached hydrogens (primary N) is 1. The number of hydrogen-bond donors (Lipinski definition) is 1. The Morgan fingerprint density at radius 3 is 2.84 bits per heavy atom. The van der Waals surface area contributed by atoms with Gasteiger partial charge in [-0.1, -0.05) is 30.3 Å². The van der Waals surface area contributed by atoms with Crippen LogP contribution in [0.4, 0.5) is 0 Å². The Balaban J connectivity index is 1.90. The van der Waals surface area contributed by atoms with Crippen LogP contribution in [0.15, 0.2) is 35.4 Å². The molecule has 2 atom stereocenters. The van der Waals surface area contributed by atoms with E-state index in [1.165, 1.54) is 5.01 Å². The SMILES string of the molecule is C#CCC(N)C(=O)N1CCC2=NN(C)C(=O)C2(Cc2ccccc2)C1. The van der Waals surface area contributed by atoms with Crippen molar-refractivity contribution < 1.29 is 9.59 Å². The summed E-state index contributed by atoms with van der Waals surface area (Å²) in [7, 11) is 1.66. The van der Waals surface area contributed by atoms with E-state index >= 15 is 0 Å². The summed E-state index contributed by atoms with van der Waals surface area (Å²) in [6.45, 7) is 0.800. The first-order chi connectivity index (χ1) is 12.0. The van der Waals surface area contributed by atoms with Crippen LogP contribution in [0.5, 0.6) is 0 Å². The van der Waals surface area contributed by atoms with Gasteiger partial charge in [0, 0.05) is 33.0 Å². The fraction of sp³-hybridized carbons (Fsp3) is 0.421. The molecule has 2 unspecified atom stereocenters. The van der Waals surface area contributed by atoms with Crippen LogP contribution in [0.1, 0.15) is 18.4 Å². The molecule has 6 heteroatoms. The lowest BCUT2D eigenvalue weighted by atomic mass is 9.73. The number of hydrazone groups is 1. The summed E-state index contributed by atoms with van der Waals surface area (Å²) in [6.07, 6.45) is 6.55. The summed E-state index contributed by atoms with van der Waals surface area (Å²) < 4.78 is 0. The third-order valence-electron chi connectivity index (χ3n) is 4.92. The normalized spacial score (nSPS) is 23.7. The minimum Gasteiger partial charge on any atom is -0.339 e. The number of terminal acetylenes is 1. The third kappa shape index (κ3) is 3.03. The van der Waals surface area contributed by atoms with E-state index in [0.717, 1.165) is 11.3 Å². The summed E-state index contributed by atoms with van der Waals surface area (Å²) in [4.78, 5) is 27.2. The number of rotatable bonds is 4. The standard InChI is InChI=1S/C19H22N4O2/c1-3-7-15(20)17(24)23-11-10-16-19(13-23,18(25)22(2)21-16)12-14-8-5-4-6-9-14/h1,4-6,8-9,15H,7,10-13,20H2,2H3. The zero-order chi connectivity index (χ0) is 18.0. The van der Waals surface area contributed by atoms with E-state index in [-0.39, 0.29) is 18.2 Å². The van der Waals surface area contributed by atoms with Crippen molar-refractivity contribution in [3.63, 3.8) is 0 Å². The molecule has 3 rings (SSSR count). The molecule has 1 aromatic carbocycles. The van der Waals surface area contributed by atoms with Crippen LogP contribution < -0.4 is 5.73 Å². The van der Waals surface area contributed by atoms with Crippen LogP contribution in [0.25, 0.3) is 0 Å². The second-order valence-corrected chi connectivity index (χ2v) is 6.64. The van der Waals surface area contributed by atoms with Crippen molar-refractivity contribution in [3.8, 4) is 12.3 Å². The van der Waals surface area contributed by atoms with Gasteiger partial charge in [0.25, 0.3) is 5.91 Å². The van der Waals surface area contributed by atoms with Crippen LogP contribution in [-0.4, -0.2) is 53.6 Å². The van der Waals surface area contributed by atoms with Gasteiger partial charge in [-0.2, -0.15) is 5.10 Å². The minimum atomic E-state index is -0.806. The number of benzene rings is 1. The molecule has 25 heavy (non-hydrogen) atoms. The highest BCUT2D eigenvalue weighted by molar-refractivity contribution is 6.13. The molecule has 2 aliphatic heterocycles. The number of nitrogens with zero attached hydrogens (tertiary/aromatic N) is 3. The molecule has 0 bridgehead atoms. The number of piperidine rings is 1. The van der Waals surface area contributed by atoms with Gasteiger partial charge in [-0.05, 0) is 12.0 Å². The summed E-state index contributed by atoms with van der Waals surface area (Å²) in [6, 6.07) is 9.08. The smallest absolute Gasteiger partial charge is 0.256 e. The number of fused-ring (bicyclic) bond motifs is 1. The van der Waals surface area contributed by atoms with Gasteiger partial charge in [0.1, 0.15) is 5.41 Å². The fourth-order valence-corrected chi connectivity index (χ4v) is 3.66. The van der Waals surface area contributed by atoms with Gasteiger partial charge in [0.2, 0.25) is 5.91 Å². The highest BCUT2D eigenvalue weighted by Gasteiger charge is 2.53. The number of likely N-dealkylation sites (tertiary alicyclic amines) is 1. The van der Waals surface area contributed by atoms with Crippen LogP contribution in [0, 0.1) is 17.8 Å². The lowest BCUT2D eigenvalue weighted by Gasteiger charge is -2.40. The fourth-order valence-electron chi connectivity index (χ4n) is 3.66. The van der Waals surface area contributed by atoms with E-state index in [2.05, 4.69) is 11.0 Å². The molecule has 2 aliphatic rings. The average molecular weight is 338 g/mol. The van der Waals surface area contributed by atoms with Crippen molar-refractivity contribution >= 4 is 17.5 Å². The first kappa shape index (κ1) is 17.2. The number of amides is 2. The topological polar surface area (TPSA) is 79.0 Å². The molecule has 6 nitrogen and oxygen atoms in total. The zero-order valence-corrected chi connectivity index (χ0v) is 14.3. The van der Waals surface area contributed by atoms with E-state index in [0.29, 0.717) is 25.9 Å². The molecule has 0 radical (unpaired) electrons. The Kier molecular flexibility index (Phi) is 4.60. The van der Waals surface area contributed by atoms with Gasteiger partial charge in [-0.3, -0.25) is 9.59 Å². The van der Waals surface area contributed by atoms with Gasteiger partial charge in [-0.25, -0.2) is 5.01 Å². The summed E-state index contributed by atoms with van der Waals surface area (Å²) >= 11 is 0. The molecule has 2 N–H and O–H groups in total. The van der Waals surface area contributed by atoms with Gasteiger partial charge >= 0.3 is 0 Å². The molecule has 0 saturated carbocycles. The van der Waals surface area contributed by atoms with Gasteiger partial charge in [0.05, 0.1) is 11.8 Å². The van der Waals surface area contributed by atoms with E-state index in [9.17, 15) is 9.59 Å². The largest absolute Gasteiger partial charge is 0.339 e. The molecule has 0 spiro atoms. The van der Waals surface area contributed by atoms with Gasteiger partial charge in [-0.15, -0.1) is 12.3 Å². The van der Waals surface area contributed by atoms with Crippen molar-refractivity contribution in [1.29, 1.82) is 0 Å². The first-order valence-corrected chi connectivity index (χ1v) is 8.36. The van der Waals surface area contributed by atoms with Crippen LogP contribution >= 0.6 is 0 Å². The summed E-state index contributed by atoms with van der Waals surface area (Å²) in [5, 5.41) is 5.83. The Labute approximate surface area is 147 Å². The second-order valence-electron chi connectivity index (χ2n) is 6.64. The Morgan fingerprint density at radius 1 is 1.44 bits per heavy atom. The van der Waals surface area contributed by atoms with Crippen molar-refractivity contribution in [2.24, 2.45) is 16.3 Å². The van der Waals surface area contributed by atoms with E-state index in [4.69, 9.17) is 12.2 Å². The number of carbonyl (C=O) groups is 2. The molecular formula is C19H22N4O2. The van der Waals surface area contributed by atoms with Crippen molar-refractivity contribution in [2.75, 3.05) is 20.1 Å². The predicted molar refractivity (Wildman–Crippen MR) is 95.4 cm³/mol. The third-order valence-corrected chi connectivity index (χ3v) is 4.92. The predicted octanol–water partition coefficient (Wildman–Crippen LogP) is 0.626. The monoisotopic (exact) mass is 338 g/mol. The van der Waals surface area contributed by atoms with Gasteiger partial charge < -0.3 is 10.6 Å².